The summed E-state index contributed by atoms with van der Waals surface area (Å²) in [5.41, 5.74) is 1.43. The Morgan fingerprint density at radius 2 is 1.83 bits per heavy atom. The van der Waals surface area contributed by atoms with Gasteiger partial charge in [0, 0.05) is 11.6 Å². The zero-order valence-corrected chi connectivity index (χ0v) is 11.8. The molecule has 2 aromatic carbocycles. The van der Waals surface area contributed by atoms with Crippen LogP contribution in [0.5, 0.6) is 5.75 Å². The van der Waals surface area contributed by atoms with Crippen LogP contribution in [0.3, 0.4) is 0 Å². The molecule has 0 aliphatic rings. The second kappa shape index (κ2) is 6.65. The summed E-state index contributed by atoms with van der Waals surface area (Å²) in [7, 11) is 0. The first kappa shape index (κ1) is 14.6. The topological polar surface area (TPSA) is 65.2 Å². The van der Waals surface area contributed by atoms with E-state index in [0.717, 1.165) is 5.56 Å². The molecular weight excluding hydrogens is 299 g/mol. The number of benzene rings is 2. The monoisotopic (exact) mass is 310 g/mol. The molecule has 5 nitrogen and oxygen atoms in total. The lowest BCUT2D eigenvalue weighted by Gasteiger charge is -2.01. The van der Waals surface area contributed by atoms with Crippen LogP contribution in [0.25, 0.3) is 17.5 Å². The van der Waals surface area contributed by atoms with E-state index in [0.29, 0.717) is 17.2 Å². The zero-order chi connectivity index (χ0) is 16.1. The molecule has 0 saturated carbocycles. The van der Waals surface area contributed by atoms with E-state index >= 15 is 0 Å². The van der Waals surface area contributed by atoms with Crippen molar-refractivity contribution < 1.29 is 18.3 Å². The van der Waals surface area contributed by atoms with E-state index in [-0.39, 0.29) is 5.82 Å². The van der Waals surface area contributed by atoms with Crippen LogP contribution in [0.15, 0.2) is 65.4 Å². The van der Waals surface area contributed by atoms with E-state index < -0.39 is 5.97 Å². The fourth-order valence-corrected chi connectivity index (χ4v) is 1.85. The highest BCUT2D eigenvalue weighted by atomic mass is 19.1. The lowest BCUT2D eigenvalue weighted by atomic mass is 10.2. The third kappa shape index (κ3) is 3.88. The molecular formula is C17H11FN2O3. The first-order valence-corrected chi connectivity index (χ1v) is 6.73. The highest BCUT2D eigenvalue weighted by Gasteiger charge is 2.05. The number of hydrogen-bond acceptors (Lipinski definition) is 5. The van der Waals surface area contributed by atoms with Crippen molar-refractivity contribution in [1.29, 1.82) is 0 Å². The van der Waals surface area contributed by atoms with E-state index in [1.807, 2.05) is 0 Å². The van der Waals surface area contributed by atoms with Crippen molar-refractivity contribution in [2.75, 3.05) is 0 Å². The van der Waals surface area contributed by atoms with E-state index in [2.05, 4.69) is 10.2 Å². The van der Waals surface area contributed by atoms with Crippen LogP contribution in [0.1, 0.15) is 5.56 Å². The molecule has 3 aromatic rings. The number of carbonyl (C=O) groups is 1. The van der Waals surface area contributed by atoms with Crippen molar-refractivity contribution >= 4 is 12.0 Å². The van der Waals surface area contributed by atoms with Crippen molar-refractivity contribution in [3.05, 3.63) is 72.4 Å². The first-order valence-electron chi connectivity index (χ1n) is 6.73. The zero-order valence-electron chi connectivity index (χ0n) is 11.8. The van der Waals surface area contributed by atoms with Crippen molar-refractivity contribution in [1.82, 2.24) is 10.2 Å². The predicted molar refractivity (Wildman–Crippen MR) is 80.8 cm³/mol. The van der Waals surface area contributed by atoms with E-state index in [9.17, 15) is 9.18 Å². The van der Waals surface area contributed by atoms with Crippen molar-refractivity contribution in [2.45, 2.75) is 0 Å². The molecule has 0 radical (unpaired) electrons. The molecule has 0 atom stereocenters. The second-order valence-electron chi connectivity index (χ2n) is 4.57. The number of carbonyl (C=O) groups excluding carboxylic acids is 1. The minimum atomic E-state index is -0.528. The van der Waals surface area contributed by atoms with E-state index in [1.165, 1.54) is 24.6 Å². The van der Waals surface area contributed by atoms with Gasteiger partial charge in [-0.3, -0.25) is 0 Å². The lowest BCUT2D eigenvalue weighted by Crippen LogP contribution is -2.03. The van der Waals surface area contributed by atoms with Gasteiger partial charge in [0.15, 0.2) is 0 Å². The van der Waals surface area contributed by atoms with Gasteiger partial charge in [0.05, 0.1) is 0 Å². The predicted octanol–water partition coefficient (Wildman–Crippen LogP) is 3.49. The molecule has 0 bridgehead atoms. The van der Waals surface area contributed by atoms with E-state index in [4.69, 9.17) is 9.15 Å². The molecule has 0 unspecified atom stereocenters. The molecule has 0 N–H and O–H groups in total. The maximum atomic E-state index is 12.8. The number of ether oxygens (including phenoxy) is 1. The summed E-state index contributed by atoms with van der Waals surface area (Å²) in [4.78, 5) is 11.7. The number of nitrogens with zero attached hydrogens (tertiary/aromatic N) is 2. The molecule has 3 rings (SSSR count). The Morgan fingerprint density at radius 1 is 1.09 bits per heavy atom. The minimum Gasteiger partial charge on any atom is -0.423 e. The largest absolute Gasteiger partial charge is 0.423 e. The van der Waals surface area contributed by atoms with Crippen molar-refractivity contribution in [2.24, 2.45) is 0 Å². The summed E-state index contributed by atoms with van der Waals surface area (Å²) in [5.74, 6) is -0.0768. The Morgan fingerprint density at radius 3 is 2.48 bits per heavy atom. The third-order valence-corrected chi connectivity index (χ3v) is 2.96. The standard InChI is InChI=1S/C17H11FN2O3/c18-14-6-1-12(2-7-14)3-10-16(21)23-15-8-4-13(5-9-15)17-20-19-11-22-17/h1-11H. The van der Waals surface area contributed by atoms with Crippen molar-refractivity contribution in [3.63, 3.8) is 0 Å². The van der Waals surface area contributed by atoms with Crippen LogP contribution in [0.4, 0.5) is 4.39 Å². The highest BCUT2D eigenvalue weighted by molar-refractivity contribution is 5.88. The normalized spacial score (nSPS) is 10.8. The van der Waals surface area contributed by atoms with Gasteiger partial charge in [0.2, 0.25) is 12.3 Å². The third-order valence-electron chi connectivity index (χ3n) is 2.96. The molecule has 114 valence electrons. The van der Waals surface area contributed by atoms with Gasteiger partial charge in [0.1, 0.15) is 11.6 Å². The van der Waals surface area contributed by atoms with Crippen LogP contribution < -0.4 is 4.74 Å². The Kier molecular flexibility index (Phi) is 4.24. The van der Waals surface area contributed by atoms with Gasteiger partial charge in [-0.1, -0.05) is 12.1 Å². The van der Waals surface area contributed by atoms with Crippen LogP contribution in [0.2, 0.25) is 0 Å². The summed E-state index contributed by atoms with van der Waals surface area (Å²) < 4.78 is 23.0. The Bertz CT molecular complexity index is 810. The number of aromatic nitrogens is 2. The van der Waals surface area contributed by atoms with Gasteiger partial charge in [0.25, 0.3) is 0 Å². The molecule has 6 heteroatoms. The summed E-state index contributed by atoms with van der Waals surface area (Å²) in [6.07, 6.45) is 4.07. The number of hydrogen-bond donors (Lipinski definition) is 0. The van der Waals surface area contributed by atoms with Gasteiger partial charge in [-0.15, -0.1) is 10.2 Å². The van der Waals surface area contributed by atoms with Gasteiger partial charge in [-0.2, -0.15) is 0 Å². The van der Waals surface area contributed by atoms with Crippen molar-refractivity contribution in [3.8, 4) is 17.2 Å². The highest BCUT2D eigenvalue weighted by Crippen LogP contribution is 2.20. The number of esters is 1. The molecule has 0 saturated heterocycles. The summed E-state index contributed by atoms with van der Waals surface area (Å²) in [5, 5.41) is 7.38. The maximum absolute atomic E-state index is 12.8. The van der Waals surface area contributed by atoms with Gasteiger partial charge in [-0.05, 0) is 48.0 Å². The number of rotatable bonds is 4. The molecule has 0 aliphatic carbocycles. The smallest absolute Gasteiger partial charge is 0.336 e. The van der Waals surface area contributed by atoms with Gasteiger partial charge < -0.3 is 9.15 Å². The summed E-state index contributed by atoms with van der Waals surface area (Å²) in [6, 6.07) is 12.4. The average Bonchev–Trinajstić information content (AvgIpc) is 3.09. The van der Waals surface area contributed by atoms with Crippen LogP contribution >= 0.6 is 0 Å². The lowest BCUT2D eigenvalue weighted by molar-refractivity contribution is -0.128. The van der Waals surface area contributed by atoms with Crippen LogP contribution in [-0.4, -0.2) is 16.2 Å². The summed E-state index contributed by atoms with van der Waals surface area (Å²) in [6.45, 7) is 0. The SMILES string of the molecule is O=C(C=Cc1ccc(F)cc1)Oc1ccc(-c2nnco2)cc1. The fraction of sp³-hybridized carbons (Fsp3) is 0. The Labute approximate surface area is 131 Å². The van der Waals surface area contributed by atoms with Crippen LogP contribution in [0, 0.1) is 5.82 Å². The van der Waals surface area contributed by atoms with Crippen LogP contribution in [-0.2, 0) is 4.79 Å². The molecule has 0 aliphatic heterocycles. The fourth-order valence-electron chi connectivity index (χ4n) is 1.85. The quantitative estimate of drug-likeness (QED) is 0.419. The molecule has 23 heavy (non-hydrogen) atoms. The Balaban J connectivity index is 1.62. The molecule has 0 fully saturated rings. The molecule has 1 heterocycles. The first-order chi connectivity index (χ1) is 11.2. The second-order valence-corrected chi connectivity index (χ2v) is 4.57. The maximum Gasteiger partial charge on any atom is 0.336 e. The molecule has 1 aromatic heterocycles. The Hall–Kier alpha value is -3.28. The molecule has 0 amide bonds. The summed E-state index contributed by atoms with van der Waals surface area (Å²) >= 11 is 0. The molecule has 0 spiro atoms. The average molecular weight is 310 g/mol. The minimum absolute atomic E-state index is 0.328. The number of halogens is 1. The van der Waals surface area contributed by atoms with Gasteiger partial charge >= 0.3 is 5.97 Å². The van der Waals surface area contributed by atoms with E-state index in [1.54, 1.807) is 42.5 Å². The van der Waals surface area contributed by atoms with Gasteiger partial charge in [-0.25, -0.2) is 9.18 Å².